The summed E-state index contributed by atoms with van der Waals surface area (Å²) in [6.45, 7) is 0.958. The summed E-state index contributed by atoms with van der Waals surface area (Å²) >= 11 is 0. The normalized spacial score (nSPS) is 12.5. The van der Waals surface area contributed by atoms with Crippen molar-refractivity contribution in [2.24, 2.45) is 0 Å². The Bertz CT molecular complexity index is 1010. The van der Waals surface area contributed by atoms with Gasteiger partial charge in [-0.05, 0) is 23.8 Å². The number of carbonyl (C=O) groups is 1. The molecule has 130 valence electrons. The number of ether oxygens (including phenoxy) is 2. The third kappa shape index (κ3) is 3.04. The van der Waals surface area contributed by atoms with Crippen LogP contribution in [0.25, 0.3) is 11.1 Å². The number of rotatable bonds is 3. The summed E-state index contributed by atoms with van der Waals surface area (Å²) < 4.78 is 11.0. The van der Waals surface area contributed by atoms with E-state index < -0.39 is 11.5 Å². The molecule has 0 radical (unpaired) electrons. The molecule has 6 heteroatoms. The average molecular weight is 348 g/mol. The van der Waals surface area contributed by atoms with Gasteiger partial charge in [0.15, 0.2) is 11.5 Å². The van der Waals surface area contributed by atoms with Gasteiger partial charge in [-0.3, -0.25) is 9.59 Å². The molecule has 0 saturated carbocycles. The van der Waals surface area contributed by atoms with Crippen LogP contribution in [-0.2, 0) is 0 Å². The Morgan fingerprint density at radius 1 is 0.962 bits per heavy atom. The molecule has 6 nitrogen and oxygen atoms in total. The largest absolute Gasteiger partial charge is 0.486 e. The summed E-state index contributed by atoms with van der Waals surface area (Å²) in [5.41, 5.74) is 1.52. The van der Waals surface area contributed by atoms with E-state index in [4.69, 9.17) is 9.47 Å². The first-order valence-electron chi connectivity index (χ1n) is 8.20. The van der Waals surface area contributed by atoms with Gasteiger partial charge < -0.3 is 19.8 Å². The summed E-state index contributed by atoms with van der Waals surface area (Å²) in [4.78, 5) is 27.7. The van der Waals surface area contributed by atoms with Crippen LogP contribution < -0.4 is 20.3 Å². The molecule has 0 atom stereocenters. The van der Waals surface area contributed by atoms with Crippen LogP contribution in [0.15, 0.2) is 65.6 Å². The van der Waals surface area contributed by atoms with E-state index in [1.807, 2.05) is 30.3 Å². The first kappa shape index (κ1) is 16.0. The van der Waals surface area contributed by atoms with E-state index in [9.17, 15) is 9.59 Å². The van der Waals surface area contributed by atoms with Crippen molar-refractivity contribution in [3.8, 4) is 22.6 Å². The van der Waals surface area contributed by atoms with Crippen molar-refractivity contribution >= 4 is 11.6 Å². The maximum atomic E-state index is 12.8. The quantitative estimate of drug-likeness (QED) is 0.762. The van der Waals surface area contributed by atoms with Gasteiger partial charge in [-0.25, -0.2) is 0 Å². The lowest BCUT2D eigenvalue weighted by Gasteiger charge is -2.19. The summed E-state index contributed by atoms with van der Waals surface area (Å²) in [7, 11) is 0. The van der Waals surface area contributed by atoms with Crippen molar-refractivity contribution in [2.45, 2.75) is 0 Å². The fourth-order valence-corrected chi connectivity index (χ4v) is 2.88. The SMILES string of the molecule is O=C(Nc1ccc2c(c1)OCCO2)c1c(-c2ccccc2)cc[nH]c1=O. The third-order valence-electron chi connectivity index (χ3n) is 4.07. The molecule has 0 saturated heterocycles. The number of carbonyl (C=O) groups excluding carboxylic acids is 1. The summed E-state index contributed by atoms with van der Waals surface area (Å²) in [6.07, 6.45) is 1.53. The van der Waals surface area contributed by atoms with Gasteiger partial charge in [0.25, 0.3) is 11.5 Å². The molecule has 0 fully saturated rings. The fraction of sp³-hybridized carbons (Fsp3) is 0.100. The molecule has 2 heterocycles. The highest BCUT2D eigenvalue weighted by molar-refractivity contribution is 6.08. The molecular formula is C20H16N2O4. The van der Waals surface area contributed by atoms with Crippen molar-refractivity contribution in [2.75, 3.05) is 18.5 Å². The maximum Gasteiger partial charge on any atom is 0.261 e. The highest BCUT2D eigenvalue weighted by Crippen LogP contribution is 2.33. The van der Waals surface area contributed by atoms with E-state index >= 15 is 0 Å². The first-order chi connectivity index (χ1) is 12.7. The Labute approximate surface area is 149 Å². The topological polar surface area (TPSA) is 80.4 Å². The minimum atomic E-state index is -0.484. The summed E-state index contributed by atoms with van der Waals surface area (Å²) in [6, 6.07) is 16.2. The second-order valence-corrected chi connectivity index (χ2v) is 5.77. The number of hydrogen-bond donors (Lipinski definition) is 2. The molecule has 1 aromatic heterocycles. The highest BCUT2D eigenvalue weighted by atomic mass is 16.6. The van der Waals surface area contributed by atoms with Crippen molar-refractivity contribution in [3.63, 3.8) is 0 Å². The number of nitrogens with one attached hydrogen (secondary N) is 2. The van der Waals surface area contributed by atoms with E-state index in [2.05, 4.69) is 10.3 Å². The van der Waals surface area contributed by atoms with Crippen molar-refractivity contribution in [1.82, 2.24) is 4.98 Å². The summed E-state index contributed by atoms with van der Waals surface area (Å²) in [5.74, 6) is 0.721. The van der Waals surface area contributed by atoms with Crippen LogP contribution in [0, 0.1) is 0 Å². The van der Waals surface area contributed by atoms with Crippen molar-refractivity contribution in [1.29, 1.82) is 0 Å². The number of aromatic nitrogens is 1. The van der Waals surface area contributed by atoms with Gasteiger partial charge in [-0.15, -0.1) is 0 Å². The monoisotopic (exact) mass is 348 g/mol. The zero-order valence-corrected chi connectivity index (χ0v) is 13.8. The van der Waals surface area contributed by atoms with Crippen molar-refractivity contribution < 1.29 is 14.3 Å². The predicted octanol–water partition coefficient (Wildman–Crippen LogP) is 3.07. The van der Waals surface area contributed by atoms with Gasteiger partial charge in [0.1, 0.15) is 18.8 Å². The van der Waals surface area contributed by atoms with Crippen LogP contribution in [0.4, 0.5) is 5.69 Å². The van der Waals surface area contributed by atoms with Crippen LogP contribution in [0.2, 0.25) is 0 Å². The Balaban J connectivity index is 1.68. The molecule has 0 unspecified atom stereocenters. The smallest absolute Gasteiger partial charge is 0.261 e. The molecule has 0 aliphatic carbocycles. The molecule has 1 aliphatic heterocycles. The zero-order valence-electron chi connectivity index (χ0n) is 13.8. The van der Waals surface area contributed by atoms with Gasteiger partial charge >= 0.3 is 0 Å². The van der Waals surface area contributed by atoms with Crippen molar-refractivity contribution in [3.05, 3.63) is 76.7 Å². The van der Waals surface area contributed by atoms with E-state index in [0.717, 1.165) is 5.56 Å². The lowest BCUT2D eigenvalue weighted by atomic mass is 10.0. The fourth-order valence-electron chi connectivity index (χ4n) is 2.88. The Morgan fingerprint density at radius 3 is 2.54 bits per heavy atom. The highest BCUT2D eigenvalue weighted by Gasteiger charge is 2.18. The standard InChI is InChI=1S/C20H16N2O4/c23-19-18(15(8-9-21-19)13-4-2-1-3-5-13)20(24)22-14-6-7-16-17(12-14)26-11-10-25-16/h1-9,12H,10-11H2,(H,21,23)(H,22,24). The minimum Gasteiger partial charge on any atom is -0.486 e. The molecule has 2 N–H and O–H groups in total. The predicted molar refractivity (Wildman–Crippen MR) is 97.9 cm³/mol. The molecule has 0 spiro atoms. The Morgan fingerprint density at radius 2 is 1.73 bits per heavy atom. The lowest BCUT2D eigenvalue weighted by molar-refractivity contribution is 0.102. The summed E-state index contributed by atoms with van der Waals surface area (Å²) in [5, 5.41) is 2.76. The van der Waals surface area contributed by atoms with Gasteiger partial charge in [0, 0.05) is 23.5 Å². The lowest BCUT2D eigenvalue weighted by Crippen LogP contribution is -2.24. The Kier molecular flexibility index (Phi) is 4.15. The van der Waals surface area contributed by atoms with E-state index in [-0.39, 0.29) is 5.56 Å². The van der Waals surface area contributed by atoms with Crippen LogP contribution >= 0.6 is 0 Å². The van der Waals surface area contributed by atoms with E-state index in [1.54, 1.807) is 24.3 Å². The van der Waals surface area contributed by atoms with Gasteiger partial charge in [0.2, 0.25) is 0 Å². The molecule has 4 rings (SSSR count). The van der Waals surface area contributed by atoms with Crippen LogP contribution in [0.3, 0.4) is 0 Å². The number of pyridine rings is 1. The maximum absolute atomic E-state index is 12.8. The number of H-pyrrole nitrogens is 1. The van der Waals surface area contributed by atoms with Crippen LogP contribution in [0.1, 0.15) is 10.4 Å². The minimum absolute atomic E-state index is 0.0635. The van der Waals surface area contributed by atoms with Crippen LogP contribution in [0.5, 0.6) is 11.5 Å². The second kappa shape index (κ2) is 6.76. The number of fused-ring (bicyclic) bond motifs is 1. The number of aromatic amines is 1. The van der Waals surface area contributed by atoms with Gasteiger partial charge in [-0.2, -0.15) is 0 Å². The van der Waals surface area contributed by atoms with E-state index in [1.165, 1.54) is 6.20 Å². The number of hydrogen-bond acceptors (Lipinski definition) is 4. The van der Waals surface area contributed by atoms with Crippen LogP contribution in [-0.4, -0.2) is 24.1 Å². The molecule has 3 aromatic rings. The molecule has 26 heavy (non-hydrogen) atoms. The first-order valence-corrected chi connectivity index (χ1v) is 8.20. The van der Waals surface area contributed by atoms with Gasteiger partial charge in [0.05, 0.1) is 0 Å². The number of benzene rings is 2. The number of amides is 1. The average Bonchev–Trinajstić information content (AvgIpc) is 2.68. The molecular weight excluding hydrogens is 332 g/mol. The second-order valence-electron chi connectivity index (χ2n) is 5.77. The molecule has 0 bridgehead atoms. The molecule has 2 aromatic carbocycles. The third-order valence-corrected chi connectivity index (χ3v) is 4.07. The molecule has 1 aliphatic rings. The van der Waals surface area contributed by atoms with Gasteiger partial charge in [-0.1, -0.05) is 30.3 Å². The zero-order chi connectivity index (χ0) is 17.9. The number of anilines is 1. The Hall–Kier alpha value is -3.54. The molecule has 1 amide bonds. The van der Waals surface area contributed by atoms with E-state index in [0.29, 0.717) is 36.0 Å².